The molecule has 356 valence electrons. The quantitative estimate of drug-likeness (QED) is 0.0233. The van der Waals surface area contributed by atoms with Crippen LogP contribution in [0.4, 0.5) is 0 Å². The summed E-state index contributed by atoms with van der Waals surface area (Å²) in [5.74, 6) is -1.77. The van der Waals surface area contributed by atoms with Crippen LogP contribution in [0.5, 0.6) is 0 Å². The summed E-state index contributed by atoms with van der Waals surface area (Å²) >= 11 is 0. The maximum Gasteiger partial charge on any atom is 0.472 e. The van der Waals surface area contributed by atoms with E-state index in [0.717, 1.165) is 44.9 Å². The van der Waals surface area contributed by atoms with Gasteiger partial charge in [0, 0.05) is 13.0 Å². The monoisotopic (exact) mass is 874 g/mol. The first-order valence-corrected chi connectivity index (χ1v) is 26.7. The number of aliphatic carboxylic acids is 1. The maximum absolute atomic E-state index is 12.7. The van der Waals surface area contributed by atoms with Crippen LogP contribution in [0.3, 0.4) is 0 Å². The molecule has 0 aromatic carbocycles. The van der Waals surface area contributed by atoms with Crippen LogP contribution in [0.25, 0.3) is 0 Å². The highest BCUT2D eigenvalue weighted by Crippen LogP contribution is 2.43. The molecule has 0 amide bonds. The average molecular weight is 874 g/mol. The van der Waals surface area contributed by atoms with E-state index in [1.54, 1.807) is 0 Å². The topological polar surface area (TPSA) is 155 Å². The summed E-state index contributed by atoms with van der Waals surface area (Å²) in [6, 6.07) is -1.47. The number of ether oxygens (including phenoxy) is 2. The highest BCUT2D eigenvalue weighted by Gasteiger charge is 2.27. The van der Waals surface area contributed by atoms with Crippen molar-refractivity contribution in [3.63, 3.8) is 0 Å². The van der Waals surface area contributed by atoms with Gasteiger partial charge < -0.3 is 25.2 Å². The Morgan fingerprint density at radius 3 is 1.27 bits per heavy atom. The third kappa shape index (κ3) is 44.8. The summed E-state index contributed by atoms with van der Waals surface area (Å²) in [6.07, 6.45) is 49.8. The highest BCUT2D eigenvalue weighted by molar-refractivity contribution is 7.47. The Balaban J connectivity index is 4.11. The molecule has 0 fully saturated rings. The standard InChI is InChI=1S/C49H96NO9P/c1-3-5-7-9-11-13-15-17-19-21-22-23-24-25-27-29-31-33-35-37-39-41-48(51)59-46(44-57-60(54,55)58-45-47(50)49(52)53)43-56-42-40-38-36-34-32-30-28-26-20-18-16-14-12-10-8-6-4-2/h20,26,46-47H,3-19,21-25,27-45,50H2,1-2H3,(H,52,53)(H,54,55)/b26-20-. The lowest BCUT2D eigenvalue weighted by molar-refractivity contribution is -0.154. The molecule has 3 unspecified atom stereocenters. The highest BCUT2D eigenvalue weighted by atomic mass is 31.2. The van der Waals surface area contributed by atoms with E-state index in [9.17, 15) is 19.0 Å². The fourth-order valence-corrected chi connectivity index (χ4v) is 8.14. The molecule has 4 N–H and O–H groups in total. The zero-order valence-electron chi connectivity index (χ0n) is 39.1. The number of phosphoric acid groups is 1. The van der Waals surface area contributed by atoms with Gasteiger partial charge in [-0.25, -0.2) is 4.57 Å². The largest absolute Gasteiger partial charge is 0.480 e. The van der Waals surface area contributed by atoms with Crippen LogP contribution in [-0.4, -0.2) is 60.5 Å². The van der Waals surface area contributed by atoms with E-state index in [4.69, 9.17) is 29.4 Å². The molecule has 0 aromatic rings. The summed E-state index contributed by atoms with van der Waals surface area (Å²) in [7, 11) is -4.62. The first kappa shape index (κ1) is 58.7. The molecule has 0 aliphatic carbocycles. The molecule has 10 nitrogen and oxygen atoms in total. The number of rotatable bonds is 49. The summed E-state index contributed by atoms with van der Waals surface area (Å²) in [5.41, 5.74) is 5.37. The Bertz CT molecular complexity index is 1010. The minimum absolute atomic E-state index is 0.0187. The Morgan fingerprint density at radius 1 is 0.517 bits per heavy atom. The van der Waals surface area contributed by atoms with Gasteiger partial charge in [0.25, 0.3) is 0 Å². The third-order valence-electron chi connectivity index (χ3n) is 11.3. The number of carboxylic acid groups (broad SMARTS) is 1. The van der Waals surface area contributed by atoms with E-state index >= 15 is 0 Å². The summed E-state index contributed by atoms with van der Waals surface area (Å²) in [4.78, 5) is 33.7. The van der Waals surface area contributed by atoms with Gasteiger partial charge in [-0.3, -0.25) is 18.6 Å². The molecular weight excluding hydrogens is 778 g/mol. The molecule has 0 aliphatic heterocycles. The van der Waals surface area contributed by atoms with E-state index in [1.807, 2.05) is 0 Å². The van der Waals surface area contributed by atoms with E-state index in [2.05, 4.69) is 26.0 Å². The second-order valence-electron chi connectivity index (χ2n) is 17.3. The van der Waals surface area contributed by atoms with E-state index < -0.39 is 45.1 Å². The third-order valence-corrected chi connectivity index (χ3v) is 12.2. The molecule has 3 atom stereocenters. The minimum atomic E-state index is -4.62. The first-order valence-electron chi connectivity index (χ1n) is 25.2. The van der Waals surface area contributed by atoms with Crippen molar-refractivity contribution in [2.24, 2.45) is 5.73 Å². The zero-order chi connectivity index (χ0) is 44.0. The summed E-state index contributed by atoms with van der Waals surface area (Å²) < 4.78 is 33.5. The van der Waals surface area contributed by atoms with Crippen molar-refractivity contribution in [3.05, 3.63) is 12.2 Å². The van der Waals surface area contributed by atoms with Gasteiger partial charge >= 0.3 is 19.8 Å². The molecule has 0 radical (unpaired) electrons. The van der Waals surface area contributed by atoms with Crippen molar-refractivity contribution in [2.45, 2.75) is 264 Å². The molecular formula is C49H96NO9P. The van der Waals surface area contributed by atoms with Gasteiger partial charge in [0.05, 0.1) is 19.8 Å². The van der Waals surface area contributed by atoms with Crippen molar-refractivity contribution < 1.29 is 42.7 Å². The van der Waals surface area contributed by atoms with Gasteiger partial charge in [-0.1, -0.05) is 219 Å². The summed E-state index contributed by atoms with van der Waals surface area (Å²) in [6.45, 7) is 3.92. The number of phosphoric ester groups is 1. The van der Waals surface area contributed by atoms with Gasteiger partial charge in [-0.05, 0) is 38.5 Å². The number of allylic oxidation sites excluding steroid dienone is 2. The molecule has 0 aliphatic rings. The van der Waals surface area contributed by atoms with Crippen LogP contribution < -0.4 is 5.73 Å². The number of carbonyl (C=O) groups is 2. The Labute approximate surface area is 369 Å². The fraction of sp³-hybridized carbons (Fsp3) is 0.918. The molecule has 0 spiro atoms. The lowest BCUT2D eigenvalue weighted by atomic mass is 10.0. The van der Waals surface area contributed by atoms with Crippen molar-refractivity contribution in [2.75, 3.05) is 26.4 Å². The normalized spacial score (nSPS) is 13.8. The Hall–Kier alpha value is -1.29. The van der Waals surface area contributed by atoms with Crippen molar-refractivity contribution in [1.29, 1.82) is 0 Å². The van der Waals surface area contributed by atoms with E-state index in [1.165, 1.54) is 186 Å². The Morgan fingerprint density at radius 2 is 0.867 bits per heavy atom. The number of carboxylic acids is 1. The van der Waals surface area contributed by atoms with Crippen LogP contribution in [0.15, 0.2) is 12.2 Å². The fourth-order valence-electron chi connectivity index (χ4n) is 7.37. The number of esters is 1. The van der Waals surface area contributed by atoms with Crippen LogP contribution in [-0.2, 0) is 32.7 Å². The van der Waals surface area contributed by atoms with Gasteiger partial charge in [0.15, 0.2) is 0 Å². The number of carbonyl (C=O) groups excluding carboxylic acids is 1. The average Bonchev–Trinajstić information content (AvgIpc) is 3.23. The van der Waals surface area contributed by atoms with Crippen molar-refractivity contribution in [1.82, 2.24) is 0 Å². The number of nitrogens with two attached hydrogens (primary N) is 1. The molecule has 60 heavy (non-hydrogen) atoms. The number of unbranched alkanes of at least 4 members (excludes halogenated alkanes) is 33. The number of hydrogen-bond acceptors (Lipinski definition) is 8. The van der Waals surface area contributed by atoms with Crippen LogP contribution >= 0.6 is 7.82 Å². The predicted octanol–water partition coefficient (Wildman–Crippen LogP) is 14.5. The van der Waals surface area contributed by atoms with Crippen molar-refractivity contribution in [3.8, 4) is 0 Å². The number of hydrogen-bond donors (Lipinski definition) is 3. The Kier molecular flexibility index (Phi) is 44.7. The van der Waals surface area contributed by atoms with Gasteiger partial charge in [0.1, 0.15) is 12.1 Å². The zero-order valence-corrected chi connectivity index (χ0v) is 40.0. The van der Waals surface area contributed by atoms with Crippen LogP contribution in [0.2, 0.25) is 0 Å². The van der Waals surface area contributed by atoms with Crippen LogP contribution in [0.1, 0.15) is 251 Å². The van der Waals surface area contributed by atoms with Crippen molar-refractivity contribution >= 4 is 19.8 Å². The molecule has 0 aromatic heterocycles. The maximum atomic E-state index is 12.7. The van der Waals surface area contributed by atoms with Gasteiger partial charge in [-0.15, -0.1) is 0 Å². The molecule has 0 saturated carbocycles. The molecule has 11 heteroatoms. The first-order chi connectivity index (χ1) is 29.2. The molecule has 0 bridgehead atoms. The van der Waals surface area contributed by atoms with Gasteiger partial charge in [0.2, 0.25) is 0 Å². The minimum Gasteiger partial charge on any atom is -0.480 e. The lowest BCUT2D eigenvalue weighted by Crippen LogP contribution is -2.34. The molecule has 0 saturated heterocycles. The van der Waals surface area contributed by atoms with Gasteiger partial charge in [-0.2, -0.15) is 0 Å². The second-order valence-corrected chi connectivity index (χ2v) is 18.8. The molecule has 0 heterocycles. The summed E-state index contributed by atoms with van der Waals surface area (Å²) in [5, 5.41) is 8.92. The smallest absolute Gasteiger partial charge is 0.472 e. The van der Waals surface area contributed by atoms with E-state index in [-0.39, 0.29) is 13.0 Å². The lowest BCUT2D eigenvalue weighted by Gasteiger charge is -2.20. The predicted molar refractivity (Wildman–Crippen MR) is 249 cm³/mol. The molecule has 0 rings (SSSR count). The SMILES string of the molecule is CCCCCCCCC/C=C\CCCCCCCCOCC(COP(=O)(O)OCC(N)C(=O)O)OC(=O)CCCCCCCCCCCCCCCCCCCCCCC. The van der Waals surface area contributed by atoms with E-state index in [0.29, 0.717) is 6.61 Å². The van der Waals surface area contributed by atoms with Crippen LogP contribution in [0, 0.1) is 0 Å². The second kappa shape index (κ2) is 45.7.